The summed E-state index contributed by atoms with van der Waals surface area (Å²) in [4.78, 5) is 15.5. The molecule has 1 unspecified atom stereocenters. The number of likely N-dealkylation sites (N-methyl/N-ethyl adjacent to an activating group) is 1. The van der Waals surface area contributed by atoms with E-state index in [9.17, 15) is 4.79 Å². The number of morpholine rings is 1. The van der Waals surface area contributed by atoms with E-state index >= 15 is 0 Å². The van der Waals surface area contributed by atoms with Crippen molar-refractivity contribution in [3.05, 3.63) is 18.0 Å². The van der Waals surface area contributed by atoms with Gasteiger partial charge in [0.05, 0.1) is 18.3 Å². The van der Waals surface area contributed by atoms with Crippen molar-refractivity contribution in [2.45, 2.75) is 32.0 Å². The quantitative estimate of drug-likeness (QED) is 0.726. The van der Waals surface area contributed by atoms with Crippen LogP contribution in [-0.2, 0) is 27.7 Å². The van der Waals surface area contributed by atoms with Gasteiger partial charge in [-0.15, -0.1) is 0 Å². The van der Waals surface area contributed by atoms with Crippen LogP contribution < -0.4 is 0 Å². The largest absolute Gasteiger partial charge is 0.369 e. The Hall–Kier alpha value is -1.44. The fraction of sp³-hybridized carbons (Fsp3) is 0.765. The van der Waals surface area contributed by atoms with Crippen molar-refractivity contribution in [3.63, 3.8) is 0 Å². The molecule has 1 aliphatic heterocycles. The molecule has 0 radical (unpaired) electrons. The topological polar surface area (TPSA) is 59.8 Å². The number of nitrogens with zero attached hydrogens (tertiary/aromatic N) is 4. The van der Waals surface area contributed by atoms with Gasteiger partial charge in [0.1, 0.15) is 6.61 Å². The summed E-state index contributed by atoms with van der Waals surface area (Å²) in [6.07, 6.45) is 2.77. The van der Waals surface area contributed by atoms with Gasteiger partial charge in [0.15, 0.2) is 0 Å². The van der Waals surface area contributed by atoms with Gasteiger partial charge in [-0.3, -0.25) is 14.4 Å². The van der Waals surface area contributed by atoms with E-state index in [0.29, 0.717) is 6.61 Å². The maximum atomic E-state index is 11.6. The fourth-order valence-corrected chi connectivity index (χ4v) is 3.00. The van der Waals surface area contributed by atoms with Crippen LogP contribution in [-0.4, -0.2) is 84.1 Å². The Morgan fingerprint density at radius 2 is 2.25 bits per heavy atom. The number of amides is 1. The summed E-state index contributed by atoms with van der Waals surface area (Å²) in [6.45, 7) is 7.39. The smallest absolute Gasteiger partial charge is 0.248 e. The van der Waals surface area contributed by atoms with Gasteiger partial charge >= 0.3 is 0 Å². The van der Waals surface area contributed by atoms with Gasteiger partial charge in [-0.2, -0.15) is 5.10 Å². The lowest BCUT2D eigenvalue weighted by Gasteiger charge is -2.42. The summed E-state index contributed by atoms with van der Waals surface area (Å²) in [7, 11) is 5.43. The molecule has 1 fully saturated rings. The Morgan fingerprint density at radius 1 is 1.50 bits per heavy atom. The first-order chi connectivity index (χ1) is 11.3. The minimum absolute atomic E-state index is 0.0183. The van der Waals surface area contributed by atoms with Gasteiger partial charge in [-0.05, 0) is 19.9 Å². The summed E-state index contributed by atoms with van der Waals surface area (Å²) in [5, 5.41) is 4.21. The number of carbonyl (C=O) groups excluding carboxylic acids is 1. The third-order valence-corrected chi connectivity index (χ3v) is 4.19. The van der Waals surface area contributed by atoms with Gasteiger partial charge in [-0.1, -0.05) is 0 Å². The molecule has 1 amide bonds. The summed E-state index contributed by atoms with van der Waals surface area (Å²) >= 11 is 0. The molecule has 1 aromatic heterocycles. The molecular weight excluding hydrogens is 308 g/mol. The zero-order chi connectivity index (χ0) is 17.7. The Morgan fingerprint density at radius 3 is 2.88 bits per heavy atom. The van der Waals surface area contributed by atoms with E-state index in [1.54, 1.807) is 14.1 Å². The Kier molecular flexibility index (Phi) is 6.37. The number of hydrogen-bond acceptors (Lipinski definition) is 5. The van der Waals surface area contributed by atoms with Crippen LogP contribution in [0.1, 0.15) is 19.5 Å². The average Bonchev–Trinajstić information content (AvgIpc) is 2.88. The molecule has 1 aliphatic rings. The molecule has 0 N–H and O–H groups in total. The predicted octanol–water partition coefficient (Wildman–Crippen LogP) is 0.547. The van der Waals surface area contributed by atoms with Gasteiger partial charge in [0, 0.05) is 59.1 Å². The lowest BCUT2D eigenvalue weighted by molar-refractivity contribution is -0.159. The first-order valence-corrected chi connectivity index (χ1v) is 8.42. The molecular formula is C17H30N4O3. The highest BCUT2D eigenvalue weighted by Gasteiger charge is 2.33. The Labute approximate surface area is 144 Å². The Balaban J connectivity index is 1.82. The third kappa shape index (κ3) is 5.58. The first-order valence-electron chi connectivity index (χ1n) is 8.42. The summed E-state index contributed by atoms with van der Waals surface area (Å²) in [6, 6.07) is 2.05. The first kappa shape index (κ1) is 18.9. The minimum Gasteiger partial charge on any atom is -0.369 e. The standard InChI is InChI=1S/C17H30N4O3/c1-17(2)13-21(9-7-14-6-8-18-20(14)5)10-15(24-17)11-23-12-16(22)19(3)4/h6,8,15H,7,9-13H2,1-5H3. The minimum atomic E-state index is -0.218. The highest BCUT2D eigenvalue weighted by atomic mass is 16.5. The zero-order valence-electron chi connectivity index (χ0n) is 15.5. The third-order valence-electron chi connectivity index (χ3n) is 4.19. The van der Waals surface area contributed by atoms with Crippen molar-refractivity contribution in [2.24, 2.45) is 7.05 Å². The van der Waals surface area contributed by atoms with Crippen LogP contribution in [0.4, 0.5) is 0 Å². The maximum Gasteiger partial charge on any atom is 0.248 e. The lowest BCUT2D eigenvalue weighted by atomic mass is 10.0. The van der Waals surface area contributed by atoms with E-state index in [1.165, 1.54) is 10.6 Å². The molecule has 136 valence electrons. The fourth-order valence-electron chi connectivity index (χ4n) is 3.00. The molecule has 24 heavy (non-hydrogen) atoms. The second-order valence-electron chi connectivity index (χ2n) is 7.23. The van der Waals surface area contributed by atoms with Crippen LogP contribution in [0.5, 0.6) is 0 Å². The van der Waals surface area contributed by atoms with Crippen molar-refractivity contribution in [2.75, 3.05) is 46.9 Å². The van der Waals surface area contributed by atoms with Crippen LogP contribution >= 0.6 is 0 Å². The number of aryl methyl sites for hydroxylation is 1. The van der Waals surface area contributed by atoms with E-state index in [0.717, 1.165) is 26.1 Å². The number of aromatic nitrogens is 2. The molecule has 7 nitrogen and oxygen atoms in total. The normalized spacial score (nSPS) is 21.0. The van der Waals surface area contributed by atoms with Crippen LogP contribution in [0.3, 0.4) is 0 Å². The van der Waals surface area contributed by atoms with Gasteiger partial charge in [-0.25, -0.2) is 0 Å². The van der Waals surface area contributed by atoms with E-state index in [4.69, 9.17) is 9.47 Å². The van der Waals surface area contributed by atoms with Crippen molar-refractivity contribution in [1.82, 2.24) is 19.6 Å². The number of carbonyl (C=O) groups is 1. The van der Waals surface area contributed by atoms with Crippen LogP contribution in [0.2, 0.25) is 0 Å². The van der Waals surface area contributed by atoms with Crippen molar-refractivity contribution >= 4 is 5.91 Å². The van der Waals surface area contributed by atoms with Crippen molar-refractivity contribution in [3.8, 4) is 0 Å². The maximum absolute atomic E-state index is 11.6. The molecule has 0 saturated carbocycles. The van der Waals surface area contributed by atoms with E-state index in [2.05, 4.69) is 29.9 Å². The molecule has 0 aliphatic carbocycles. The van der Waals surface area contributed by atoms with Crippen LogP contribution in [0.25, 0.3) is 0 Å². The second kappa shape index (κ2) is 8.09. The average molecular weight is 338 g/mol. The van der Waals surface area contributed by atoms with E-state index in [-0.39, 0.29) is 24.2 Å². The predicted molar refractivity (Wildman–Crippen MR) is 91.8 cm³/mol. The lowest BCUT2D eigenvalue weighted by Crippen LogP contribution is -2.54. The number of rotatable bonds is 7. The highest BCUT2D eigenvalue weighted by Crippen LogP contribution is 2.21. The zero-order valence-corrected chi connectivity index (χ0v) is 15.5. The van der Waals surface area contributed by atoms with Gasteiger partial charge < -0.3 is 14.4 Å². The monoisotopic (exact) mass is 338 g/mol. The molecule has 0 aromatic carbocycles. The molecule has 7 heteroatoms. The molecule has 0 spiro atoms. The second-order valence-corrected chi connectivity index (χ2v) is 7.23. The van der Waals surface area contributed by atoms with Crippen molar-refractivity contribution < 1.29 is 14.3 Å². The van der Waals surface area contributed by atoms with Crippen LogP contribution in [0, 0.1) is 0 Å². The molecule has 1 atom stereocenters. The van der Waals surface area contributed by atoms with E-state index in [1.807, 2.05) is 17.9 Å². The molecule has 2 rings (SSSR count). The number of hydrogen-bond donors (Lipinski definition) is 0. The van der Waals surface area contributed by atoms with E-state index < -0.39 is 0 Å². The molecule has 1 aromatic rings. The molecule has 1 saturated heterocycles. The molecule has 2 heterocycles. The Bertz CT molecular complexity index is 542. The SMILES string of the molecule is CN(C)C(=O)COCC1CN(CCc2ccnn2C)CC(C)(C)O1. The van der Waals surface area contributed by atoms with Gasteiger partial charge in [0.2, 0.25) is 5.91 Å². The van der Waals surface area contributed by atoms with Gasteiger partial charge in [0.25, 0.3) is 0 Å². The van der Waals surface area contributed by atoms with Crippen molar-refractivity contribution in [1.29, 1.82) is 0 Å². The summed E-state index contributed by atoms with van der Waals surface area (Å²) in [5.41, 5.74) is 1.01. The molecule has 0 bridgehead atoms. The van der Waals surface area contributed by atoms with Crippen LogP contribution in [0.15, 0.2) is 12.3 Å². The summed E-state index contributed by atoms with van der Waals surface area (Å²) < 4.78 is 13.6. The summed E-state index contributed by atoms with van der Waals surface area (Å²) in [5.74, 6) is -0.0295. The number of ether oxygens (including phenoxy) is 2. The highest BCUT2D eigenvalue weighted by molar-refractivity contribution is 5.76.